The summed E-state index contributed by atoms with van der Waals surface area (Å²) in [6, 6.07) is 4.54. The van der Waals surface area contributed by atoms with Crippen LogP contribution in [0.15, 0.2) is 18.2 Å². The predicted molar refractivity (Wildman–Crippen MR) is 78.1 cm³/mol. The second kappa shape index (κ2) is 5.92. The van der Waals surface area contributed by atoms with Crippen LogP contribution in [0.25, 0.3) is 0 Å². The molecule has 1 aromatic rings. The van der Waals surface area contributed by atoms with Gasteiger partial charge >= 0.3 is 6.09 Å². The van der Waals surface area contributed by atoms with Gasteiger partial charge in [0.25, 0.3) is 0 Å². The zero-order chi connectivity index (χ0) is 15.6. The molecule has 116 valence electrons. The first-order chi connectivity index (χ1) is 9.80. The number of rotatable bonds is 2. The largest absolute Gasteiger partial charge is 0.496 e. The Labute approximate surface area is 124 Å². The molecule has 1 unspecified atom stereocenters. The highest BCUT2D eigenvalue weighted by Gasteiger charge is 2.31. The Morgan fingerprint density at radius 1 is 1.38 bits per heavy atom. The molecular formula is C16H22FNO3. The highest BCUT2D eigenvalue weighted by atomic mass is 19.1. The van der Waals surface area contributed by atoms with Crippen LogP contribution in [0.1, 0.15) is 38.7 Å². The van der Waals surface area contributed by atoms with Crippen LogP contribution >= 0.6 is 0 Å². The van der Waals surface area contributed by atoms with Crippen LogP contribution in [0.2, 0.25) is 0 Å². The number of carbonyl (C=O) groups excluding carboxylic acids is 1. The van der Waals surface area contributed by atoms with Gasteiger partial charge in [-0.05, 0) is 38.8 Å². The van der Waals surface area contributed by atoms with Crippen LogP contribution in [-0.2, 0) is 4.74 Å². The van der Waals surface area contributed by atoms with Crippen molar-refractivity contribution in [3.63, 3.8) is 0 Å². The summed E-state index contributed by atoms with van der Waals surface area (Å²) in [6.07, 6.45) is 0.521. The van der Waals surface area contributed by atoms with E-state index in [1.54, 1.807) is 11.0 Å². The van der Waals surface area contributed by atoms with E-state index in [4.69, 9.17) is 9.47 Å². The summed E-state index contributed by atoms with van der Waals surface area (Å²) in [4.78, 5) is 13.8. The van der Waals surface area contributed by atoms with Crippen molar-refractivity contribution in [2.75, 3.05) is 20.2 Å². The summed E-state index contributed by atoms with van der Waals surface area (Å²) >= 11 is 0. The number of likely N-dealkylation sites (tertiary alicyclic amines) is 1. The molecule has 0 bridgehead atoms. The van der Waals surface area contributed by atoms with E-state index < -0.39 is 5.60 Å². The van der Waals surface area contributed by atoms with E-state index in [-0.39, 0.29) is 17.8 Å². The van der Waals surface area contributed by atoms with Gasteiger partial charge in [0, 0.05) is 25.1 Å². The lowest BCUT2D eigenvalue weighted by Gasteiger charge is -2.24. The molecule has 1 atom stereocenters. The Bertz CT molecular complexity index is 525. The van der Waals surface area contributed by atoms with Crippen LogP contribution in [-0.4, -0.2) is 36.8 Å². The van der Waals surface area contributed by atoms with Crippen molar-refractivity contribution < 1.29 is 18.7 Å². The maximum atomic E-state index is 13.2. The summed E-state index contributed by atoms with van der Waals surface area (Å²) < 4.78 is 23.9. The number of hydrogen-bond donors (Lipinski definition) is 0. The van der Waals surface area contributed by atoms with E-state index in [1.807, 2.05) is 20.8 Å². The molecule has 0 spiro atoms. The monoisotopic (exact) mass is 295 g/mol. The molecule has 0 aromatic heterocycles. The first kappa shape index (κ1) is 15.6. The lowest BCUT2D eigenvalue weighted by Crippen LogP contribution is -2.35. The zero-order valence-corrected chi connectivity index (χ0v) is 13.0. The number of methoxy groups -OCH3 is 1. The Morgan fingerprint density at radius 2 is 2.10 bits per heavy atom. The van der Waals surface area contributed by atoms with E-state index in [9.17, 15) is 9.18 Å². The normalized spacial score (nSPS) is 18.7. The van der Waals surface area contributed by atoms with Crippen molar-refractivity contribution in [3.8, 4) is 5.75 Å². The van der Waals surface area contributed by atoms with Gasteiger partial charge in [-0.3, -0.25) is 0 Å². The smallest absolute Gasteiger partial charge is 0.410 e. The van der Waals surface area contributed by atoms with Crippen molar-refractivity contribution in [1.82, 2.24) is 4.90 Å². The molecule has 1 saturated heterocycles. The van der Waals surface area contributed by atoms with Gasteiger partial charge in [-0.15, -0.1) is 0 Å². The van der Waals surface area contributed by atoms with Gasteiger partial charge < -0.3 is 14.4 Å². The summed E-state index contributed by atoms with van der Waals surface area (Å²) in [7, 11) is 1.53. The minimum Gasteiger partial charge on any atom is -0.496 e. The lowest BCUT2D eigenvalue weighted by atomic mass is 9.97. The fourth-order valence-corrected chi connectivity index (χ4v) is 2.53. The third-order valence-electron chi connectivity index (χ3n) is 3.48. The minimum absolute atomic E-state index is 0.146. The minimum atomic E-state index is -0.497. The fourth-order valence-electron chi connectivity index (χ4n) is 2.53. The Kier molecular flexibility index (Phi) is 4.40. The van der Waals surface area contributed by atoms with Gasteiger partial charge in [0.15, 0.2) is 0 Å². The SMILES string of the molecule is COc1cc(F)ccc1C1CCN(C(=O)OC(C)(C)C)C1. The van der Waals surface area contributed by atoms with E-state index in [1.165, 1.54) is 19.2 Å². The third kappa shape index (κ3) is 3.86. The molecule has 2 rings (SSSR count). The molecule has 5 heteroatoms. The first-order valence-electron chi connectivity index (χ1n) is 7.11. The molecule has 0 saturated carbocycles. The molecule has 4 nitrogen and oxygen atoms in total. The Balaban J connectivity index is 2.07. The summed E-state index contributed by atoms with van der Waals surface area (Å²) in [5.41, 5.74) is 0.438. The molecule has 0 N–H and O–H groups in total. The molecule has 1 fully saturated rings. The van der Waals surface area contributed by atoms with Crippen molar-refractivity contribution in [2.45, 2.75) is 38.7 Å². The molecule has 0 radical (unpaired) electrons. The number of benzene rings is 1. The first-order valence-corrected chi connectivity index (χ1v) is 7.11. The summed E-state index contributed by atoms with van der Waals surface area (Å²) in [5, 5.41) is 0. The molecule has 1 aromatic carbocycles. The average Bonchev–Trinajstić information content (AvgIpc) is 2.86. The number of amides is 1. The highest BCUT2D eigenvalue weighted by molar-refractivity contribution is 5.68. The molecule has 1 aliphatic heterocycles. The van der Waals surface area contributed by atoms with Crippen LogP contribution in [0, 0.1) is 5.82 Å². The van der Waals surface area contributed by atoms with E-state index in [2.05, 4.69) is 0 Å². The highest BCUT2D eigenvalue weighted by Crippen LogP contribution is 2.34. The standard InChI is InChI=1S/C16H22FNO3/c1-16(2,3)21-15(19)18-8-7-11(10-18)13-6-5-12(17)9-14(13)20-4/h5-6,9,11H,7-8,10H2,1-4H3. The number of ether oxygens (including phenoxy) is 2. The molecular weight excluding hydrogens is 273 g/mol. The van der Waals surface area contributed by atoms with Crippen LogP contribution in [0.5, 0.6) is 5.75 Å². The van der Waals surface area contributed by atoms with E-state index in [0.29, 0.717) is 18.8 Å². The van der Waals surface area contributed by atoms with Crippen molar-refractivity contribution in [2.24, 2.45) is 0 Å². The number of nitrogens with zero attached hydrogens (tertiary/aromatic N) is 1. The molecule has 0 aliphatic carbocycles. The van der Waals surface area contributed by atoms with Crippen LogP contribution < -0.4 is 4.74 Å². The van der Waals surface area contributed by atoms with Gasteiger partial charge in [-0.1, -0.05) is 6.07 Å². The quantitative estimate of drug-likeness (QED) is 0.837. The number of halogens is 1. The molecule has 1 amide bonds. The second-order valence-corrected chi connectivity index (χ2v) is 6.30. The fraction of sp³-hybridized carbons (Fsp3) is 0.562. The molecule has 1 heterocycles. The van der Waals surface area contributed by atoms with Gasteiger partial charge in [0.2, 0.25) is 0 Å². The van der Waals surface area contributed by atoms with Crippen LogP contribution in [0.3, 0.4) is 0 Å². The van der Waals surface area contributed by atoms with Gasteiger partial charge in [-0.2, -0.15) is 0 Å². The Hall–Kier alpha value is -1.78. The van der Waals surface area contributed by atoms with Crippen molar-refractivity contribution in [1.29, 1.82) is 0 Å². The van der Waals surface area contributed by atoms with E-state index in [0.717, 1.165) is 12.0 Å². The zero-order valence-electron chi connectivity index (χ0n) is 13.0. The summed E-state index contributed by atoms with van der Waals surface area (Å²) in [5.74, 6) is 0.358. The molecule has 21 heavy (non-hydrogen) atoms. The predicted octanol–water partition coefficient (Wildman–Crippen LogP) is 3.56. The maximum Gasteiger partial charge on any atom is 0.410 e. The summed E-state index contributed by atoms with van der Waals surface area (Å²) in [6.45, 7) is 6.75. The van der Waals surface area contributed by atoms with Crippen molar-refractivity contribution >= 4 is 6.09 Å². The number of hydrogen-bond acceptors (Lipinski definition) is 3. The number of carbonyl (C=O) groups is 1. The van der Waals surface area contributed by atoms with Gasteiger partial charge in [0.1, 0.15) is 17.2 Å². The lowest BCUT2D eigenvalue weighted by molar-refractivity contribution is 0.0292. The third-order valence-corrected chi connectivity index (χ3v) is 3.48. The van der Waals surface area contributed by atoms with Gasteiger partial charge in [-0.25, -0.2) is 9.18 Å². The maximum absolute atomic E-state index is 13.2. The average molecular weight is 295 g/mol. The second-order valence-electron chi connectivity index (χ2n) is 6.30. The van der Waals surface area contributed by atoms with Crippen molar-refractivity contribution in [3.05, 3.63) is 29.6 Å². The molecule has 1 aliphatic rings. The van der Waals surface area contributed by atoms with Crippen LogP contribution in [0.4, 0.5) is 9.18 Å². The van der Waals surface area contributed by atoms with E-state index >= 15 is 0 Å². The Morgan fingerprint density at radius 3 is 2.71 bits per heavy atom. The van der Waals surface area contributed by atoms with Gasteiger partial charge in [0.05, 0.1) is 7.11 Å². The topological polar surface area (TPSA) is 38.8 Å².